The monoisotopic (exact) mass is 247 g/mol. The summed E-state index contributed by atoms with van der Waals surface area (Å²) in [6, 6.07) is 10.2. The minimum Gasteiger partial charge on any atom is -0.366 e. The fourth-order valence-corrected chi connectivity index (χ4v) is 2.35. The molecule has 0 atom stereocenters. The molecule has 1 aromatic heterocycles. The topological polar surface area (TPSA) is 43.1 Å². The highest BCUT2D eigenvalue weighted by molar-refractivity contribution is 7.16. The fourth-order valence-electron chi connectivity index (χ4n) is 1.41. The van der Waals surface area contributed by atoms with E-state index < -0.39 is 5.91 Å². The van der Waals surface area contributed by atoms with E-state index in [1.807, 2.05) is 12.1 Å². The lowest BCUT2D eigenvalue weighted by Gasteiger charge is -1.97. The van der Waals surface area contributed by atoms with Gasteiger partial charge in [0.15, 0.2) is 0 Å². The summed E-state index contributed by atoms with van der Waals surface area (Å²) >= 11 is 1.41. The molecule has 2 rings (SSSR count). The Labute approximate surface area is 102 Å². The number of primary amides is 1. The molecule has 4 heteroatoms. The van der Waals surface area contributed by atoms with Gasteiger partial charge in [-0.25, -0.2) is 4.39 Å². The summed E-state index contributed by atoms with van der Waals surface area (Å²) in [5.41, 5.74) is 5.57. The normalized spacial score (nSPS) is 10.9. The molecular weight excluding hydrogens is 237 g/mol. The lowest BCUT2D eigenvalue weighted by Crippen LogP contribution is -2.04. The molecule has 0 radical (unpaired) electrons. The highest BCUT2D eigenvalue weighted by atomic mass is 32.1. The molecule has 2 N–H and O–H groups in total. The van der Waals surface area contributed by atoms with Crippen molar-refractivity contribution in [1.29, 1.82) is 0 Å². The number of thiophene rings is 1. The molecule has 0 saturated heterocycles. The smallest absolute Gasteiger partial charge is 0.241 e. The zero-order chi connectivity index (χ0) is 12.3. The van der Waals surface area contributed by atoms with E-state index in [-0.39, 0.29) is 5.82 Å². The molecule has 1 heterocycles. The van der Waals surface area contributed by atoms with Gasteiger partial charge in [-0.15, -0.1) is 11.3 Å². The Kier molecular flexibility index (Phi) is 3.35. The van der Waals surface area contributed by atoms with Crippen molar-refractivity contribution in [2.75, 3.05) is 0 Å². The van der Waals surface area contributed by atoms with Gasteiger partial charge in [-0.05, 0) is 24.3 Å². The second-order valence-electron chi connectivity index (χ2n) is 3.42. The first-order valence-electron chi connectivity index (χ1n) is 4.99. The standard InChI is InChI=1S/C13H10FNOS/c14-11-4-2-1-3-10(11)12-7-5-9(17-12)6-8-13(15)16/h1-8H,(H2,15,16)/b8-6+. The van der Waals surface area contributed by atoms with Crippen molar-refractivity contribution in [3.63, 3.8) is 0 Å². The van der Waals surface area contributed by atoms with Gasteiger partial charge in [-0.1, -0.05) is 18.2 Å². The van der Waals surface area contributed by atoms with Crippen LogP contribution in [0.2, 0.25) is 0 Å². The number of hydrogen-bond acceptors (Lipinski definition) is 2. The number of carbonyl (C=O) groups is 1. The molecule has 1 aromatic carbocycles. The van der Waals surface area contributed by atoms with E-state index >= 15 is 0 Å². The number of rotatable bonds is 3. The van der Waals surface area contributed by atoms with Crippen molar-refractivity contribution in [1.82, 2.24) is 0 Å². The van der Waals surface area contributed by atoms with Gasteiger partial charge in [0.1, 0.15) is 5.82 Å². The van der Waals surface area contributed by atoms with E-state index in [1.165, 1.54) is 23.5 Å². The van der Waals surface area contributed by atoms with Gasteiger partial charge in [-0.3, -0.25) is 4.79 Å². The van der Waals surface area contributed by atoms with Crippen LogP contribution in [0.1, 0.15) is 4.88 Å². The van der Waals surface area contributed by atoms with Gasteiger partial charge >= 0.3 is 0 Å². The zero-order valence-corrected chi connectivity index (χ0v) is 9.71. The van der Waals surface area contributed by atoms with Crippen molar-refractivity contribution in [3.05, 3.63) is 53.2 Å². The van der Waals surface area contributed by atoms with Crippen LogP contribution in [-0.2, 0) is 4.79 Å². The van der Waals surface area contributed by atoms with Gasteiger partial charge in [0.05, 0.1) is 0 Å². The van der Waals surface area contributed by atoms with E-state index in [4.69, 9.17) is 5.73 Å². The summed E-state index contributed by atoms with van der Waals surface area (Å²) < 4.78 is 13.5. The summed E-state index contributed by atoms with van der Waals surface area (Å²) in [7, 11) is 0. The van der Waals surface area contributed by atoms with Gasteiger partial charge in [-0.2, -0.15) is 0 Å². The summed E-state index contributed by atoms with van der Waals surface area (Å²) in [6.45, 7) is 0. The van der Waals surface area contributed by atoms with E-state index in [0.29, 0.717) is 5.56 Å². The van der Waals surface area contributed by atoms with Crippen molar-refractivity contribution in [2.24, 2.45) is 5.73 Å². The van der Waals surface area contributed by atoms with Crippen LogP contribution in [0.4, 0.5) is 4.39 Å². The van der Waals surface area contributed by atoms with E-state index in [1.54, 1.807) is 24.3 Å². The third kappa shape index (κ3) is 2.79. The maximum atomic E-state index is 13.5. The van der Waals surface area contributed by atoms with Crippen LogP contribution in [0.3, 0.4) is 0 Å². The molecule has 0 aliphatic rings. The first kappa shape index (κ1) is 11.5. The molecule has 0 saturated carbocycles. The summed E-state index contributed by atoms with van der Waals surface area (Å²) in [6.07, 6.45) is 2.91. The highest BCUT2D eigenvalue weighted by Crippen LogP contribution is 2.30. The molecule has 0 fully saturated rings. The zero-order valence-electron chi connectivity index (χ0n) is 8.89. The fraction of sp³-hybridized carbons (Fsp3) is 0. The molecule has 2 nitrogen and oxygen atoms in total. The Balaban J connectivity index is 2.30. The molecular formula is C13H10FNOS. The lowest BCUT2D eigenvalue weighted by molar-refractivity contribution is -0.113. The number of hydrogen-bond donors (Lipinski definition) is 1. The minimum atomic E-state index is -0.495. The number of benzene rings is 1. The number of amides is 1. The predicted octanol–water partition coefficient (Wildman–Crippen LogP) is 3.05. The van der Waals surface area contributed by atoms with E-state index in [9.17, 15) is 9.18 Å². The van der Waals surface area contributed by atoms with Crippen LogP contribution in [0.5, 0.6) is 0 Å². The largest absolute Gasteiger partial charge is 0.366 e. The van der Waals surface area contributed by atoms with Crippen LogP contribution >= 0.6 is 11.3 Å². The molecule has 0 unspecified atom stereocenters. The van der Waals surface area contributed by atoms with Crippen LogP contribution in [-0.4, -0.2) is 5.91 Å². The van der Waals surface area contributed by atoms with Crippen LogP contribution in [0.15, 0.2) is 42.5 Å². The number of halogens is 1. The molecule has 0 bridgehead atoms. The Morgan fingerprint density at radius 1 is 1.24 bits per heavy atom. The number of carbonyl (C=O) groups excluding carboxylic acids is 1. The van der Waals surface area contributed by atoms with E-state index in [2.05, 4.69) is 0 Å². The Hall–Kier alpha value is -1.94. The summed E-state index contributed by atoms with van der Waals surface area (Å²) in [5, 5.41) is 0. The van der Waals surface area contributed by atoms with Gasteiger partial charge < -0.3 is 5.73 Å². The van der Waals surface area contributed by atoms with E-state index in [0.717, 1.165) is 9.75 Å². The molecule has 86 valence electrons. The van der Waals surface area contributed by atoms with Crippen LogP contribution in [0, 0.1) is 5.82 Å². The summed E-state index contributed by atoms with van der Waals surface area (Å²) in [4.78, 5) is 12.3. The Morgan fingerprint density at radius 2 is 2.00 bits per heavy atom. The summed E-state index contributed by atoms with van der Waals surface area (Å²) in [5.74, 6) is -0.745. The molecule has 0 spiro atoms. The second-order valence-corrected chi connectivity index (χ2v) is 4.53. The maximum absolute atomic E-state index is 13.5. The third-order valence-corrected chi connectivity index (χ3v) is 3.26. The average Bonchev–Trinajstić information content (AvgIpc) is 2.75. The van der Waals surface area contributed by atoms with Gasteiger partial charge in [0.25, 0.3) is 0 Å². The SMILES string of the molecule is NC(=O)/C=C/c1ccc(-c2ccccc2F)s1. The second kappa shape index (κ2) is 4.93. The molecule has 0 aliphatic heterocycles. The lowest BCUT2D eigenvalue weighted by atomic mass is 10.2. The Morgan fingerprint density at radius 3 is 2.71 bits per heavy atom. The van der Waals surface area contributed by atoms with Crippen molar-refractivity contribution < 1.29 is 9.18 Å². The molecule has 0 aliphatic carbocycles. The first-order valence-corrected chi connectivity index (χ1v) is 5.81. The van der Waals surface area contributed by atoms with Crippen LogP contribution in [0.25, 0.3) is 16.5 Å². The quantitative estimate of drug-likeness (QED) is 0.832. The minimum absolute atomic E-state index is 0.250. The molecule has 1 amide bonds. The number of nitrogens with two attached hydrogens (primary N) is 1. The molecule has 2 aromatic rings. The first-order chi connectivity index (χ1) is 8.16. The van der Waals surface area contributed by atoms with Crippen molar-refractivity contribution in [3.8, 4) is 10.4 Å². The van der Waals surface area contributed by atoms with Crippen molar-refractivity contribution >= 4 is 23.3 Å². The Bertz CT molecular complexity index is 574. The average molecular weight is 247 g/mol. The predicted molar refractivity (Wildman–Crippen MR) is 67.9 cm³/mol. The van der Waals surface area contributed by atoms with Crippen LogP contribution < -0.4 is 5.73 Å². The molecule has 17 heavy (non-hydrogen) atoms. The third-order valence-electron chi connectivity index (χ3n) is 2.18. The van der Waals surface area contributed by atoms with Gasteiger partial charge in [0, 0.05) is 21.4 Å². The maximum Gasteiger partial charge on any atom is 0.241 e. The van der Waals surface area contributed by atoms with Crippen molar-refractivity contribution in [2.45, 2.75) is 0 Å². The highest BCUT2D eigenvalue weighted by Gasteiger charge is 2.05. The van der Waals surface area contributed by atoms with Gasteiger partial charge in [0.2, 0.25) is 5.91 Å².